The predicted molar refractivity (Wildman–Crippen MR) is 72.0 cm³/mol. The molecule has 1 aromatic carbocycles. The van der Waals surface area contributed by atoms with Crippen molar-refractivity contribution in [2.75, 3.05) is 5.75 Å². The van der Waals surface area contributed by atoms with Gasteiger partial charge in [-0.05, 0) is 12.1 Å². The van der Waals surface area contributed by atoms with Gasteiger partial charge in [-0.25, -0.2) is 4.39 Å². The van der Waals surface area contributed by atoms with E-state index in [1.165, 1.54) is 30.1 Å². The largest absolute Gasteiger partial charge is 0.303 e. The molecule has 0 unspecified atom stereocenters. The number of nitrogens with one attached hydrogen (secondary N) is 1. The van der Waals surface area contributed by atoms with Gasteiger partial charge in [-0.2, -0.15) is 5.10 Å². The van der Waals surface area contributed by atoms with Crippen molar-refractivity contribution in [1.82, 2.24) is 5.32 Å². The molecule has 8 heteroatoms. The van der Waals surface area contributed by atoms with Crippen LogP contribution in [0, 0.1) is 5.82 Å². The summed E-state index contributed by atoms with van der Waals surface area (Å²) in [6.07, 6.45) is 1.24. The van der Waals surface area contributed by atoms with Crippen LogP contribution in [0.25, 0.3) is 0 Å². The van der Waals surface area contributed by atoms with Crippen molar-refractivity contribution in [2.24, 2.45) is 10.2 Å². The lowest BCUT2D eigenvalue weighted by Crippen LogP contribution is -2.19. The monoisotopic (exact) mass is 305 g/mol. The molecule has 1 heterocycles. The second-order valence-corrected chi connectivity index (χ2v) is 4.99. The summed E-state index contributed by atoms with van der Waals surface area (Å²) in [5.41, 5.74) is 0.247. The van der Waals surface area contributed by atoms with Crippen LogP contribution >= 0.6 is 35.0 Å². The Kier molecular flexibility index (Phi) is 4.21. The van der Waals surface area contributed by atoms with E-state index >= 15 is 0 Å². The van der Waals surface area contributed by atoms with Crippen molar-refractivity contribution in [3.63, 3.8) is 0 Å². The van der Waals surface area contributed by atoms with Crippen LogP contribution in [-0.4, -0.2) is 23.0 Å². The van der Waals surface area contributed by atoms with E-state index in [1.54, 1.807) is 0 Å². The number of thioether (sulfide) groups is 1. The average molecular weight is 306 g/mol. The first-order valence-corrected chi connectivity index (χ1v) is 6.49. The van der Waals surface area contributed by atoms with Gasteiger partial charge in [0.2, 0.25) is 5.91 Å². The highest BCUT2D eigenvalue weighted by atomic mass is 35.5. The van der Waals surface area contributed by atoms with Crippen LogP contribution in [0.5, 0.6) is 0 Å². The van der Waals surface area contributed by atoms with Gasteiger partial charge < -0.3 is 5.32 Å². The number of amidine groups is 1. The van der Waals surface area contributed by atoms with Crippen LogP contribution in [0.1, 0.15) is 5.56 Å². The van der Waals surface area contributed by atoms with E-state index < -0.39 is 5.82 Å². The molecule has 1 aliphatic rings. The zero-order valence-electron chi connectivity index (χ0n) is 8.78. The Labute approximate surface area is 116 Å². The molecule has 0 radical (unpaired) electrons. The smallest absolute Gasteiger partial charge is 0.236 e. The number of benzene rings is 1. The minimum absolute atomic E-state index is 0.116. The molecule has 1 N–H and O–H groups in total. The van der Waals surface area contributed by atoms with Crippen LogP contribution in [0.4, 0.5) is 4.39 Å². The molecule has 1 amide bonds. The zero-order valence-corrected chi connectivity index (χ0v) is 11.1. The Bertz CT molecular complexity index is 562. The standard InChI is InChI=1S/C10H6Cl2FN3OS/c11-6-1-2-7(13)9(12)5(6)3-14-16-10-15-8(17)4-18-10/h1-3H,4H2,(H,15,16,17). The third-order valence-electron chi connectivity index (χ3n) is 2.00. The number of nitrogens with zero attached hydrogens (tertiary/aromatic N) is 2. The van der Waals surface area contributed by atoms with E-state index in [0.717, 1.165) is 0 Å². The summed E-state index contributed by atoms with van der Waals surface area (Å²) >= 11 is 12.8. The fourth-order valence-electron chi connectivity index (χ4n) is 1.18. The van der Waals surface area contributed by atoms with Gasteiger partial charge in [0.05, 0.1) is 22.0 Å². The first-order valence-electron chi connectivity index (χ1n) is 4.75. The molecule has 0 atom stereocenters. The summed E-state index contributed by atoms with van der Waals surface area (Å²) in [7, 11) is 0. The van der Waals surface area contributed by atoms with E-state index in [2.05, 4.69) is 15.5 Å². The van der Waals surface area contributed by atoms with Crippen molar-refractivity contribution in [3.8, 4) is 0 Å². The predicted octanol–water partition coefficient (Wildman–Crippen LogP) is 2.69. The Morgan fingerprint density at radius 2 is 2.22 bits per heavy atom. The number of carbonyl (C=O) groups excluding carboxylic acids is 1. The van der Waals surface area contributed by atoms with Crippen LogP contribution in [0.2, 0.25) is 10.0 Å². The highest BCUT2D eigenvalue weighted by molar-refractivity contribution is 8.15. The lowest BCUT2D eigenvalue weighted by atomic mass is 10.2. The van der Waals surface area contributed by atoms with E-state index in [9.17, 15) is 9.18 Å². The first-order chi connectivity index (χ1) is 8.58. The molecule has 0 aliphatic carbocycles. The summed E-state index contributed by atoms with van der Waals surface area (Å²) in [5.74, 6) is -0.398. The summed E-state index contributed by atoms with van der Waals surface area (Å²) in [6, 6.07) is 2.55. The van der Waals surface area contributed by atoms with E-state index in [-0.39, 0.29) is 21.5 Å². The maximum absolute atomic E-state index is 13.2. The highest BCUT2D eigenvalue weighted by Crippen LogP contribution is 2.25. The Hall–Kier alpha value is -1.11. The van der Waals surface area contributed by atoms with Gasteiger partial charge in [0.1, 0.15) is 5.82 Å². The Morgan fingerprint density at radius 3 is 2.89 bits per heavy atom. The second-order valence-electron chi connectivity index (χ2n) is 3.24. The van der Waals surface area contributed by atoms with Crippen molar-refractivity contribution in [2.45, 2.75) is 0 Å². The fourth-order valence-corrected chi connectivity index (χ4v) is 2.28. The maximum Gasteiger partial charge on any atom is 0.236 e. The van der Waals surface area contributed by atoms with E-state index in [4.69, 9.17) is 23.2 Å². The Morgan fingerprint density at radius 1 is 1.44 bits per heavy atom. The zero-order chi connectivity index (χ0) is 13.1. The average Bonchev–Trinajstić information content (AvgIpc) is 2.74. The molecule has 0 saturated carbocycles. The minimum atomic E-state index is -0.585. The summed E-state index contributed by atoms with van der Waals surface area (Å²) < 4.78 is 13.2. The molecule has 0 bridgehead atoms. The number of carbonyl (C=O) groups is 1. The van der Waals surface area contributed by atoms with E-state index in [1.807, 2.05) is 0 Å². The van der Waals surface area contributed by atoms with Crippen LogP contribution in [0.3, 0.4) is 0 Å². The quantitative estimate of drug-likeness (QED) is 0.519. The minimum Gasteiger partial charge on any atom is -0.303 e. The van der Waals surface area contributed by atoms with E-state index in [0.29, 0.717) is 10.9 Å². The van der Waals surface area contributed by atoms with Crippen molar-refractivity contribution >= 4 is 52.3 Å². The molecule has 1 aromatic rings. The molecule has 18 heavy (non-hydrogen) atoms. The van der Waals surface area contributed by atoms with Gasteiger partial charge in [-0.3, -0.25) is 4.79 Å². The van der Waals surface area contributed by atoms with Gasteiger partial charge in [0.15, 0.2) is 5.17 Å². The number of halogens is 3. The summed E-state index contributed by atoms with van der Waals surface area (Å²) in [5, 5.41) is 10.5. The number of hydrogen-bond acceptors (Lipinski definition) is 4. The normalized spacial score (nSPS) is 17.7. The first kappa shape index (κ1) is 13.3. The lowest BCUT2D eigenvalue weighted by Gasteiger charge is -2.01. The third-order valence-corrected chi connectivity index (χ3v) is 3.58. The molecular weight excluding hydrogens is 300 g/mol. The summed E-state index contributed by atoms with van der Waals surface area (Å²) in [4.78, 5) is 10.9. The van der Waals surface area contributed by atoms with Crippen LogP contribution in [-0.2, 0) is 4.79 Å². The van der Waals surface area contributed by atoms with Crippen LogP contribution in [0.15, 0.2) is 22.3 Å². The molecule has 4 nitrogen and oxygen atoms in total. The topological polar surface area (TPSA) is 53.8 Å². The molecule has 94 valence electrons. The molecule has 0 spiro atoms. The highest BCUT2D eigenvalue weighted by Gasteiger charge is 2.16. The van der Waals surface area contributed by atoms with Gasteiger partial charge in [-0.1, -0.05) is 35.0 Å². The fraction of sp³-hybridized carbons (Fsp3) is 0.100. The van der Waals surface area contributed by atoms with Crippen molar-refractivity contribution < 1.29 is 9.18 Å². The number of hydrogen-bond donors (Lipinski definition) is 1. The van der Waals surface area contributed by atoms with Crippen molar-refractivity contribution in [3.05, 3.63) is 33.6 Å². The second kappa shape index (κ2) is 5.69. The van der Waals surface area contributed by atoms with Crippen LogP contribution < -0.4 is 5.32 Å². The molecular formula is C10H6Cl2FN3OS. The molecule has 1 fully saturated rings. The SMILES string of the molecule is O=C1CSC(=NN=Cc2c(Cl)ccc(F)c2Cl)N1. The molecule has 0 aromatic heterocycles. The number of rotatable bonds is 2. The maximum atomic E-state index is 13.2. The molecule has 1 aliphatic heterocycles. The Balaban J connectivity index is 2.19. The third kappa shape index (κ3) is 3.01. The van der Waals surface area contributed by atoms with Gasteiger partial charge in [-0.15, -0.1) is 5.10 Å². The van der Waals surface area contributed by atoms with Gasteiger partial charge in [0.25, 0.3) is 0 Å². The number of amides is 1. The van der Waals surface area contributed by atoms with Crippen molar-refractivity contribution in [1.29, 1.82) is 0 Å². The lowest BCUT2D eigenvalue weighted by molar-refractivity contribution is -0.116. The molecule has 2 rings (SSSR count). The van der Waals surface area contributed by atoms with Gasteiger partial charge >= 0.3 is 0 Å². The summed E-state index contributed by atoms with van der Waals surface area (Å²) in [6.45, 7) is 0. The molecule has 1 saturated heterocycles. The van der Waals surface area contributed by atoms with Gasteiger partial charge in [0, 0.05) is 5.56 Å².